The maximum atomic E-state index is 12.0. The summed E-state index contributed by atoms with van der Waals surface area (Å²) in [6.45, 7) is 2.93. The highest BCUT2D eigenvalue weighted by Gasteiger charge is 2.16. The minimum absolute atomic E-state index is 0. The lowest BCUT2D eigenvalue weighted by Crippen LogP contribution is -2.27. The molecular formula is C14H24ClN3O4S. The normalized spacial score (nSPS) is 12.2. The summed E-state index contributed by atoms with van der Waals surface area (Å²) in [5, 5.41) is 5.80. The summed E-state index contributed by atoms with van der Waals surface area (Å²) in [6, 6.07) is 4.55. The number of hydrogen-bond acceptors (Lipinski definition) is 6. The number of benzene rings is 1. The van der Waals surface area contributed by atoms with E-state index in [0.29, 0.717) is 24.5 Å². The molecule has 0 saturated heterocycles. The Bertz CT molecular complexity index is 622. The molecule has 0 fully saturated rings. The van der Waals surface area contributed by atoms with Crippen molar-refractivity contribution in [1.29, 1.82) is 0 Å². The van der Waals surface area contributed by atoms with Crippen LogP contribution in [0, 0.1) is 5.92 Å². The van der Waals surface area contributed by atoms with Crippen LogP contribution in [0.2, 0.25) is 0 Å². The highest BCUT2D eigenvalue weighted by molar-refractivity contribution is 7.90. The van der Waals surface area contributed by atoms with Crippen molar-refractivity contribution in [3.8, 4) is 0 Å². The predicted octanol–water partition coefficient (Wildman–Crippen LogP) is 1.10. The van der Waals surface area contributed by atoms with Crippen LogP contribution in [-0.2, 0) is 19.4 Å². The fraction of sp³-hybridized carbons (Fsp3) is 0.500. The molecule has 0 bridgehead atoms. The number of carbonyl (C=O) groups excluding carboxylic acids is 1. The number of methoxy groups -OCH3 is 1. The SMILES string of the molecule is COCCNc1ccc(S(C)(=O)=O)cc1NC(=O)C(C)CN.Cl. The number of ether oxygens (including phenoxy) is 1. The Morgan fingerprint density at radius 1 is 1.35 bits per heavy atom. The minimum atomic E-state index is -3.36. The summed E-state index contributed by atoms with van der Waals surface area (Å²) in [5.74, 6) is -0.628. The van der Waals surface area contributed by atoms with Gasteiger partial charge in [-0.25, -0.2) is 8.42 Å². The van der Waals surface area contributed by atoms with Gasteiger partial charge in [-0.1, -0.05) is 6.92 Å². The van der Waals surface area contributed by atoms with Crippen molar-refractivity contribution in [2.45, 2.75) is 11.8 Å². The summed E-state index contributed by atoms with van der Waals surface area (Å²) in [5.41, 5.74) is 6.51. The van der Waals surface area contributed by atoms with Crippen molar-refractivity contribution >= 4 is 39.5 Å². The quantitative estimate of drug-likeness (QED) is 0.595. The first-order chi connectivity index (χ1) is 10.3. The molecule has 0 radical (unpaired) electrons. The summed E-state index contributed by atoms with van der Waals surface area (Å²) < 4.78 is 28.3. The Kier molecular flexibility index (Phi) is 9.14. The number of amides is 1. The van der Waals surface area contributed by atoms with Crippen LogP contribution < -0.4 is 16.4 Å². The highest BCUT2D eigenvalue weighted by Crippen LogP contribution is 2.26. The van der Waals surface area contributed by atoms with Gasteiger partial charge in [0.25, 0.3) is 0 Å². The summed E-state index contributed by atoms with van der Waals surface area (Å²) in [6.07, 6.45) is 1.12. The van der Waals surface area contributed by atoms with Gasteiger partial charge in [0.1, 0.15) is 0 Å². The largest absolute Gasteiger partial charge is 0.383 e. The highest BCUT2D eigenvalue weighted by atomic mass is 35.5. The van der Waals surface area contributed by atoms with Gasteiger partial charge in [0, 0.05) is 32.4 Å². The minimum Gasteiger partial charge on any atom is -0.383 e. The average Bonchev–Trinajstić information content (AvgIpc) is 2.46. The van der Waals surface area contributed by atoms with Gasteiger partial charge in [0.15, 0.2) is 9.84 Å². The molecule has 0 saturated carbocycles. The standard InChI is InChI=1S/C14H23N3O4S.ClH/c1-10(9-15)14(18)17-13-8-11(22(3,19)20)4-5-12(13)16-6-7-21-2;/h4-5,8,10,16H,6-7,9,15H2,1-3H3,(H,17,18);1H. The second kappa shape index (κ2) is 9.71. The third kappa shape index (κ3) is 6.74. The topological polar surface area (TPSA) is 111 Å². The van der Waals surface area contributed by atoms with Crippen LogP contribution in [0.25, 0.3) is 0 Å². The number of nitrogens with one attached hydrogen (secondary N) is 2. The smallest absolute Gasteiger partial charge is 0.228 e. The zero-order chi connectivity index (χ0) is 16.8. The predicted molar refractivity (Wildman–Crippen MR) is 94.0 cm³/mol. The molecule has 0 spiro atoms. The van der Waals surface area contributed by atoms with E-state index in [0.717, 1.165) is 6.26 Å². The van der Waals surface area contributed by atoms with Crippen LogP contribution in [0.5, 0.6) is 0 Å². The lowest BCUT2D eigenvalue weighted by Gasteiger charge is -2.16. The molecule has 1 amide bonds. The molecule has 7 nitrogen and oxygen atoms in total. The number of carbonyl (C=O) groups is 1. The number of sulfone groups is 1. The second-order valence-corrected chi connectivity index (χ2v) is 7.04. The molecule has 1 atom stereocenters. The van der Waals surface area contributed by atoms with Gasteiger partial charge < -0.3 is 21.1 Å². The van der Waals surface area contributed by atoms with Gasteiger partial charge >= 0.3 is 0 Å². The van der Waals surface area contributed by atoms with Gasteiger partial charge in [0.2, 0.25) is 5.91 Å². The molecule has 0 aromatic heterocycles. The van der Waals surface area contributed by atoms with E-state index in [1.165, 1.54) is 12.1 Å². The van der Waals surface area contributed by atoms with Gasteiger partial charge in [0.05, 0.1) is 22.9 Å². The molecule has 23 heavy (non-hydrogen) atoms. The molecule has 0 heterocycles. The Morgan fingerprint density at radius 2 is 2.00 bits per heavy atom. The molecule has 1 rings (SSSR count). The molecule has 132 valence electrons. The third-order valence-corrected chi connectivity index (χ3v) is 4.21. The fourth-order valence-corrected chi connectivity index (χ4v) is 2.31. The molecule has 0 aliphatic carbocycles. The molecule has 1 unspecified atom stereocenters. The van der Waals surface area contributed by atoms with E-state index in [1.54, 1.807) is 20.1 Å². The van der Waals surface area contributed by atoms with Gasteiger partial charge in [-0.05, 0) is 18.2 Å². The Hall–Kier alpha value is -1.35. The van der Waals surface area contributed by atoms with Gasteiger partial charge in [-0.2, -0.15) is 0 Å². The van der Waals surface area contributed by atoms with Crippen molar-refractivity contribution < 1.29 is 17.9 Å². The number of nitrogens with two attached hydrogens (primary N) is 1. The van der Waals surface area contributed by atoms with Crippen LogP contribution in [0.1, 0.15) is 6.92 Å². The monoisotopic (exact) mass is 365 g/mol. The molecule has 9 heteroatoms. The zero-order valence-corrected chi connectivity index (χ0v) is 15.1. The average molecular weight is 366 g/mol. The zero-order valence-electron chi connectivity index (χ0n) is 13.5. The molecule has 1 aromatic rings. The molecule has 0 aliphatic rings. The first-order valence-corrected chi connectivity index (χ1v) is 8.76. The lowest BCUT2D eigenvalue weighted by atomic mass is 10.1. The van der Waals surface area contributed by atoms with E-state index in [4.69, 9.17) is 10.5 Å². The number of anilines is 2. The Labute approximate surface area is 143 Å². The fourth-order valence-electron chi connectivity index (χ4n) is 1.66. The first-order valence-electron chi connectivity index (χ1n) is 6.87. The van der Waals surface area contributed by atoms with Crippen LogP contribution in [0.3, 0.4) is 0 Å². The second-order valence-electron chi connectivity index (χ2n) is 5.03. The van der Waals surface area contributed by atoms with Crippen molar-refractivity contribution in [3.05, 3.63) is 18.2 Å². The number of hydrogen-bond donors (Lipinski definition) is 3. The maximum absolute atomic E-state index is 12.0. The van der Waals surface area contributed by atoms with E-state index in [2.05, 4.69) is 10.6 Å². The molecular weight excluding hydrogens is 342 g/mol. The van der Waals surface area contributed by atoms with E-state index in [-0.39, 0.29) is 35.7 Å². The maximum Gasteiger partial charge on any atom is 0.228 e. The lowest BCUT2D eigenvalue weighted by molar-refractivity contribution is -0.119. The Morgan fingerprint density at radius 3 is 2.52 bits per heavy atom. The van der Waals surface area contributed by atoms with Crippen molar-refractivity contribution in [3.63, 3.8) is 0 Å². The number of halogens is 1. The van der Waals surface area contributed by atoms with E-state index in [1.807, 2.05) is 0 Å². The van der Waals surface area contributed by atoms with Crippen LogP contribution >= 0.6 is 12.4 Å². The third-order valence-electron chi connectivity index (χ3n) is 3.10. The summed E-state index contributed by atoms with van der Waals surface area (Å²) >= 11 is 0. The van der Waals surface area contributed by atoms with Crippen molar-refractivity contribution in [2.24, 2.45) is 11.7 Å². The first kappa shape index (κ1) is 21.6. The van der Waals surface area contributed by atoms with Gasteiger partial charge in [-0.15, -0.1) is 12.4 Å². The summed E-state index contributed by atoms with van der Waals surface area (Å²) in [7, 11) is -1.77. The van der Waals surface area contributed by atoms with E-state index < -0.39 is 9.84 Å². The van der Waals surface area contributed by atoms with Crippen LogP contribution in [0.15, 0.2) is 23.1 Å². The van der Waals surface area contributed by atoms with Crippen molar-refractivity contribution in [1.82, 2.24) is 0 Å². The van der Waals surface area contributed by atoms with Crippen LogP contribution in [0.4, 0.5) is 11.4 Å². The Balaban J connectivity index is 0.00000484. The molecule has 1 aromatic carbocycles. The number of rotatable bonds is 8. The molecule has 4 N–H and O–H groups in total. The van der Waals surface area contributed by atoms with E-state index in [9.17, 15) is 13.2 Å². The van der Waals surface area contributed by atoms with Crippen molar-refractivity contribution in [2.75, 3.05) is 43.7 Å². The summed E-state index contributed by atoms with van der Waals surface area (Å²) in [4.78, 5) is 12.1. The molecule has 0 aliphatic heterocycles. The van der Waals surface area contributed by atoms with Crippen LogP contribution in [-0.4, -0.2) is 47.4 Å². The van der Waals surface area contributed by atoms with E-state index >= 15 is 0 Å². The van der Waals surface area contributed by atoms with Gasteiger partial charge in [-0.3, -0.25) is 4.79 Å².